The van der Waals surface area contributed by atoms with Crippen molar-refractivity contribution in [3.8, 4) is 0 Å². The second-order valence-corrected chi connectivity index (χ2v) is 4.19. The Morgan fingerprint density at radius 3 is 2.93 bits per heavy atom. The van der Waals surface area contributed by atoms with E-state index in [0.717, 1.165) is 12.8 Å². The van der Waals surface area contributed by atoms with Gasteiger partial charge in [0, 0.05) is 5.92 Å². The van der Waals surface area contributed by atoms with Crippen LogP contribution in [0.2, 0.25) is 0 Å². The number of ether oxygens (including phenoxy) is 2. The summed E-state index contributed by atoms with van der Waals surface area (Å²) in [6, 6.07) is 0. The summed E-state index contributed by atoms with van der Waals surface area (Å²) in [5.41, 5.74) is 0.506. The number of hydrogen-bond donors (Lipinski definition) is 0. The van der Waals surface area contributed by atoms with E-state index in [0.29, 0.717) is 5.57 Å². The van der Waals surface area contributed by atoms with Crippen molar-refractivity contribution in [2.45, 2.75) is 19.8 Å². The van der Waals surface area contributed by atoms with E-state index < -0.39 is 0 Å². The Hall–Kier alpha value is -1.32. The van der Waals surface area contributed by atoms with Gasteiger partial charge in [0.05, 0.1) is 18.6 Å². The number of methoxy groups -OCH3 is 1. The molecule has 2 aliphatic rings. The molecule has 0 aromatic rings. The molecule has 0 amide bonds. The quantitative estimate of drug-likeness (QED) is 0.611. The second-order valence-electron chi connectivity index (χ2n) is 4.19. The van der Waals surface area contributed by atoms with Gasteiger partial charge in [-0.3, -0.25) is 4.79 Å². The molecule has 1 aliphatic heterocycles. The van der Waals surface area contributed by atoms with Crippen LogP contribution in [0.5, 0.6) is 0 Å². The molecule has 1 fully saturated rings. The highest BCUT2D eigenvalue weighted by molar-refractivity contribution is 5.92. The van der Waals surface area contributed by atoms with Gasteiger partial charge in [0.1, 0.15) is 6.26 Å². The molecule has 1 aliphatic carbocycles. The van der Waals surface area contributed by atoms with E-state index >= 15 is 0 Å². The van der Waals surface area contributed by atoms with E-state index in [1.165, 1.54) is 13.4 Å². The molecule has 3 atom stereocenters. The van der Waals surface area contributed by atoms with Gasteiger partial charge in [-0.05, 0) is 18.8 Å². The fourth-order valence-corrected chi connectivity index (χ4v) is 2.55. The van der Waals surface area contributed by atoms with Crippen molar-refractivity contribution in [1.29, 1.82) is 0 Å². The zero-order chi connectivity index (χ0) is 11.0. The molecule has 82 valence electrons. The highest BCUT2D eigenvalue weighted by Crippen LogP contribution is 2.44. The first-order chi connectivity index (χ1) is 7.15. The number of hydrogen-bond acceptors (Lipinski definition) is 4. The molecule has 4 nitrogen and oxygen atoms in total. The van der Waals surface area contributed by atoms with Crippen LogP contribution in [-0.2, 0) is 19.1 Å². The van der Waals surface area contributed by atoms with Crippen LogP contribution >= 0.6 is 0 Å². The first-order valence-corrected chi connectivity index (χ1v) is 5.14. The van der Waals surface area contributed by atoms with E-state index in [9.17, 15) is 9.59 Å². The summed E-state index contributed by atoms with van der Waals surface area (Å²) in [4.78, 5) is 23.0. The lowest BCUT2D eigenvalue weighted by atomic mass is 9.84. The third kappa shape index (κ3) is 1.54. The smallest absolute Gasteiger partial charge is 0.337 e. The van der Waals surface area contributed by atoms with Crippen LogP contribution < -0.4 is 0 Å². The van der Waals surface area contributed by atoms with Crippen LogP contribution in [0.4, 0.5) is 0 Å². The SMILES string of the molecule is COC(=O)C1=COC(=O)[C@H]2[C@@H]1CC[C@@H]2C. The summed E-state index contributed by atoms with van der Waals surface area (Å²) in [5, 5.41) is 0. The van der Waals surface area contributed by atoms with Crippen LogP contribution in [0.25, 0.3) is 0 Å². The van der Waals surface area contributed by atoms with Gasteiger partial charge in [-0.25, -0.2) is 4.79 Å². The van der Waals surface area contributed by atoms with Crippen molar-refractivity contribution >= 4 is 11.9 Å². The molecule has 0 spiro atoms. The largest absolute Gasteiger partial charge is 0.466 e. The molecule has 15 heavy (non-hydrogen) atoms. The van der Waals surface area contributed by atoms with E-state index in [4.69, 9.17) is 4.74 Å². The normalized spacial score (nSPS) is 34.1. The summed E-state index contributed by atoms with van der Waals surface area (Å²) >= 11 is 0. The first-order valence-electron chi connectivity index (χ1n) is 5.14. The van der Waals surface area contributed by atoms with Gasteiger partial charge < -0.3 is 9.47 Å². The van der Waals surface area contributed by atoms with E-state index in [1.54, 1.807) is 0 Å². The maximum absolute atomic E-state index is 11.5. The summed E-state index contributed by atoms with van der Waals surface area (Å²) in [5.74, 6) is -0.474. The van der Waals surface area contributed by atoms with Gasteiger partial charge in [-0.2, -0.15) is 0 Å². The Morgan fingerprint density at radius 1 is 1.53 bits per heavy atom. The highest BCUT2D eigenvalue weighted by atomic mass is 16.5. The number of cyclic esters (lactones) is 1. The molecular weight excluding hydrogens is 196 g/mol. The monoisotopic (exact) mass is 210 g/mol. The minimum absolute atomic E-state index is 0.00583. The Labute approximate surface area is 88.2 Å². The van der Waals surface area contributed by atoms with Gasteiger partial charge in [0.25, 0.3) is 0 Å². The van der Waals surface area contributed by atoms with Gasteiger partial charge in [0.15, 0.2) is 0 Å². The molecule has 0 N–H and O–H groups in total. The maximum Gasteiger partial charge on any atom is 0.337 e. The standard InChI is InChI=1S/C11H14O4/c1-6-3-4-7-8(10(12)14-2)5-15-11(13)9(6)7/h5-7,9H,3-4H2,1-2H3/t6-,7+,9+/m0/s1. The number of carbonyl (C=O) groups is 2. The Bertz CT molecular complexity index is 331. The van der Waals surface area contributed by atoms with Gasteiger partial charge in [-0.15, -0.1) is 0 Å². The van der Waals surface area contributed by atoms with Crippen LogP contribution in [0, 0.1) is 17.8 Å². The van der Waals surface area contributed by atoms with Crippen molar-refractivity contribution in [2.24, 2.45) is 17.8 Å². The topological polar surface area (TPSA) is 52.6 Å². The van der Waals surface area contributed by atoms with Crippen molar-refractivity contribution in [3.63, 3.8) is 0 Å². The maximum atomic E-state index is 11.5. The lowest BCUT2D eigenvalue weighted by Crippen LogP contribution is -2.32. The molecule has 1 heterocycles. The van der Waals surface area contributed by atoms with Crippen LogP contribution in [0.1, 0.15) is 19.8 Å². The van der Waals surface area contributed by atoms with E-state index in [2.05, 4.69) is 4.74 Å². The highest BCUT2D eigenvalue weighted by Gasteiger charge is 2.46. The molecule has 0 unspecified atom stereocenters. The molecule has 0 radical (unpaired) electrons. The average Bonchev–Trinajstić information content (AvgIpc) is 2.61. The van der Waals surface area contributed by atoms with Gasteiger partial charge in [-0.1, -0.05) is 6.92 Å². The van der Waals surface area contributed by atoms with Crippen molar-refractivity contribution in [1.82, 2.24) is 0 Å². The third-order valence-corrected chi connectivity index (χ3v) is 3.37. The number of esters is 2. The van der Waals surface area contributed by atoms with Crippen molar-refractivity contribution in [2.75, 3.05) is 7.11 Å². The van der Waals surface area contributed by atoms with Crippen LogP contribution in [0.15, 0.2) is 11.8 Å². The predicted molar refractivity (Wildman–Crippen MR) is 51.6 cm³/mol. The molecule has 2 rings (SSSR count). The molecule has 0 saturated heterocycles. The third-order valence-electron chi connectivity index (χ3n) is 3.37. The second kappa shape index (κ2) is 3.68. The van der Waals surface area contributed by atoms with Crippen molar-refractivity contribution < 1.29 is 19.1 Å². The predicted octanol–water partition coefficient (Wildman–Crippen LogP) is 1.26. The zero-order valence-corrected chi connectivity index (χ0v) is 8.86. The molecule has 0 aromatic carbocycles. The van der Waals surface area contributed by atoms with E-state index in [1.807, 2.05) is 6.92 Å². The summed E-state index contributed by atoms with van der Waals surface area (Å²) in [6.45, 7) is 2.02. The van der Waals surface area contributed by atoms with Crippen LogP contribution in [-0.4, -0.2) is 19.0 Å². The first kappa shape index (κ1) is 10.2. The molecule has 1 saturated carbocycles. The lowest BCUT2D eigenvalue weighted by Gasteiger charge is -2.25. The number of fused-ring (bicyclic) bond motifs is 1. The van der Waals surface area contributed by atoms with Crippen LogP contribution in [0.3, 0.4) is 0 Å². The summed E-state index contributed by atoms with van der Waals surface area (Å²) in [6.07, 6.45) is 3.08. The fraction of sp³-hybridized carbons (Fsp3) is 0.636. The summed E-state index contributed by atoms with van der Waals surface area (Å²) in [7, 11) is 1.34. The minimum atomic E-state index is -0.383. The van der Waals surface area contributed by atoms with E-state index in [-0.39, 0.29) is 29.7 Å². The Balaban J connectivity index is 2.28. The average molecular weight is 210 g/mol. The molecule has 0 aromatic heterocycles. The Morgan fingerprint density at radius 2 is 2.27 bits per heavy atom. The molecule has 0 bridgehead atoms. The minimum Gasteiger partial charge on any atom is -0.466 e. The Kier molecular flexibility index (Phi) is 2.50. The number of carbonyl (C=O) groups excluding carboxylic acids is 2. The lowest BCUT2D eigenvalue weighted by molar-refractivity contribution is -0.148. The number of rotatable bonds is 1. The zero-order valence-electron chi connectivity index (χ0n) is 8.86. The fourth-order valence-electron chi connectivity index (χ4n) is 2.55. The van der Waals surface area contributed by atoms with Gasteiger partial charge in [0.2, 0.25) is 0 Å². The molecular formula is C11H14O4. The summed E-state index contributed by atoms with van der Waals surface area (Å²) < 4.78 is 9.57. The van der Waals surface area contributed by atoms with Crippen molar-refractivity contribution in [3.05, 3.63) is 11.8 Å². The van der Waals surface area contributed by atoms with Gasteiger partial charge >= 0.3 is 11.9 Å². The molecule has 4 heteroatoms.